The van der Waals surface area contributed by atoms with Crippen molar-refractivity contribution < 1.29 is 19.1 Å². The van der Waals surface area contributed by atoms with Crippen LogP contribution in [-0.2, 0) is 9.53 Å². The molecular weight excluding hydrogens is 370 g/mol. The molecule has 1 aromatic heterocycles. The van der Waals surface area contributed by atoms with Crippen LogP contribution >= 0.6 is 0 Å². The number of rotatable bonds is 9. The number of ketones is 1. The van der Waals surface area contributed by atoms with Gasteiger partial charge in [-0.15, -0.1) is 0 Å². The summed E-state index contributed by atoms with van der Waals surface area (Å²) in [6.07, 6.45) is 0.807. The Bertz CT molecular complexity index is 901. The predicted octanol–water partition coefficient (Wildman–Crippen LogP) is 3.26. The summed E-state index contributed by atoms with van der Waals surface area (Å²) in [6, 6.07) is 7.56. The van der Waals surface area contributed by atoms with Gasteiger partial charge in [-0.05, 0) is 50.9 Å². The molecule has 0 aliphatic rings. The molecule has 0 aliphatic carbocycles. The number of anilines is 1. The number of carbonyl (C=O) groups is 3. The highest BCUT2D eigenvalue weighted by Gasteiger charge is 2.24. The van der Waals surface area contributed by atoms with Crippen LogP contribution < -0.4 is 5.32 Å². The number of carbonyl (C=O) groups excluding carboxylic acids is 3. The van der Waals surface area contributed by atoms with Crippen molar-refractivity contribution in [3.05, 3.63) is 52.3 Å². The maximum atomic E-state index is 12.9. The lowest BCUT2D eigenvalue weighted by Crippen LogP contribution is -2.37. The van der Waals surface area contributed by atoms with Gasteiger partial charge in [-0.1, -0.05) is 25.1 Å². The first kappa shape index (κ1) is 22.4. The molecule has 29 heavy (non-hydrogen) atoms. The van der Waals surface area contributed by atoms with Gasteiger partial charge in [0.25, 0.3) is 0 Å². The molecule has 7 heteroatoms. The number of esters is 1. The monoisotopic (exact) mass is 399 g/mol. The number of aromatic nitrogens is 1. The lowest BCUT2D eigenvalue weighted by molar-refractivity contribution is -0.117. The van der Waals surface area contributed by atoms with Crippen LogP contribution in [0.2, 0.25) is 0 Å². The maximum Gasteiger partial charge on any atom is 0.339 e. The van der Waals surface area contributed by atoms with Crippen molar-refractivity contribution >= 4 is 23.3 Å². The smallest absolute Gasteiger partial charge is 0.339 e. The zero-order chi connectivity index (χ0) is 21.6. The van der Waals surface area contributed by atoms with Crippen molar-refractivity contribution in [2.75, 3.05) is 32.1 Å². The van der Waals surface area contributed by atoms with Gasteiger partial charge in [-0.3, -0.25) is 14.5 Å². The lowest BCUT2D eigenvalue weighted by Gasteiger charge is -2.20. The minimum absolute atomic E-state index is 0.0798. The van der Waals surface area contributed by atoms with Gasteiger partial charge in [0.1, 0.15) is 0 Å². The van der Waals surface area contributed by atoms with E-state index in [0.29, 0.717) is 29.1 Å². The summed E-state index contributed by atoms with van der Waals surface area (Å²) in [6.45, 7) is 8.17. The van der Waals surface area contributed by atoms with E-state index in [1.54, 1.807) is 13.8 Å². The highest BCUT2D eigenvalue weighted by molar-refractivity contribution is 6.02. The molecule has 2 N–H and O–H groups in total. The lowest BCUT2D eigenvalue weighted by atomic mass is 10.1. The van der Waals surface area contributed by atoms with Crippen LogP contribution in [0.4, 0.5) is 5.69 Å². The number of aryl methyl sites for hydroxylation is 2. The largest absolute Gasteiger partial charge is 0.465 e. The molecule has 0 bridgehead atoms. The van der Waals surface area contributed by atoms with Gasteiger partial charge in [0, 0.05) is 11.4 Å². The summed E-state index contributed by atoms with van der Waals surface area (Å²) in [5, 5.41) is 2.90. The highest BCUT2D eigenvalue weighted by atomic mass is 16.5. The fraction of sp³-hybridized carbons (Fsp3) is 0.409. The van der Waals surface area contributed by atoms with E-state index in [9.17, 15) is 14.4 Å². The molecule has 0 saturated heterocycles. The average molecular weight is 399 g/mol. The molecule has 2 rings (SSSR count). The number of hydrogen-bond donors (Lipinski definition) is 2. The van der Waals surface area contributed by atoms with Crippen LogP contribution in [-0.4, -0.2) is 54.3 Å². The molecule has 1 heterocycles. The molecule has 0 atom stereocenters. The van der Waals surface area contributed by atoms with Gasteiger partial charge in [0.05, 0.1) is 31.5 Å². The number of nitrogens with zero attached hydrogens (tertiary/aromatic N) is 1. The first-order chi connectivity index (χ1) is 13.8. The molecule has 7 nitrogen and oxygen atoms in total. The Balaban J connectivity index is 2.10. The van der Waals surface area contributed by atoms with E-state index in [-0.39, 0.29) is 24.8 Å². The standard InChI is InChI=1S/C22H29N3O4/c1-6-11-25(13-19(27)24-17-10-8-7-9-14(17)2)12-18(26)21-15(3)20(16(4)23-21)22(28)29-5/h7-10,23H,6,11-13H2,1-5H3,(H,24,27). The summed E-state index contributed by atoms with van der Waals surface area (Å²) < 4.78 is 4.80. The number of aromatic amines is 1. The van der Waals surface area contributed by atoms with Gasteiger partial charge in [0.2, 0.25) is 5.91 Å². The van der Waals surface area contributed by atoms with Gasteiger partial charge in [0.15, 0.2) is 5.78 Å². The van der Waals surface area contributed by atoms with Crippen LogP contribution in [0.15, 0.2) is 24.3 Å². The molecule has 0 spiro atoms. The second kappa shape index (κ2) is 10.0. The van der Waals surface area contributed by atoms with Crippen LogP contribution in [0.25, 0.3) is 0 Å². The van der Waals surface area contributed by atoms with E-state index in [4.69, 9.17) is 4.74 Å². The number of nitrogens with one attached hydrogen (secondary N) is 2. The summed E-state index contributed by atoms with van der Waals surface area (Å²) in [7, 11) is 1.31. The Labute approximate surface area is 171 Å². The van der Waals surface area contributed by atoms with Crippen LogP contribution in [0.5, 0.6) is 0 Å². The van der Waals surface area contributed by atoms with Gasteiger partial charge >= 0.3 is 5.97 Å². The van der Waals surface area contributed by atoms with E-state index in [1.165, 1.54) is 7.11 Å². The molecule has 0 fully saturated rings. The summed E-state index contributed by atoms with van der Waals surface area (Å²) in [4.78, 5) is 42.1. The van der Waals surface area contributed by atoms with Crippen molar-refractivity contribution in [3.8, 4) is 0 Å². The second-order valence-electron chi connectivity index (χ2n) is 7.11. The summed E-state index contributed by atoms with van der Waals surface area (Å²) in [5.74, 6) is -0.814. The minimum atomic E-state index is -0.474. The zero-order valence-corrected chi connectivity index (χ0v) is 17.7. The maximum absolute atomic E-state index is 12.9. The fourth-order valence-corrected chi connectivity index (χ4v) is 3.36. The number of benzene rings is 1. The number of hydrogen-bond acceptors (Lipinski definition) is 5. The Hall–Kier alpha value is -2.93. The van der Waals surface area contributed by atoms with Crippen molar-refractivity contribution in [2.45, 2.75) is 34.1 Å². The van der Waals surface area contributed by atoms with Gasteiger partial charge in [-0.25, -0.2) is 4.79 Å². The van der Waals surface area contributed by atoms with Gasteiger partial charge in [-0.2, -0.15) is 0 Å². The van der Waals surface area contributed by atoms with Crippen molar-refractivity contribution in [1.29, 1.82) is 0 Å². The number of para-hydroxylation sites is 1. The number of H-pyrrole nitrogens is 1. The van der Waals surface area contributed by atoms with E-state index >= 15 is 0 Å². The van der Waals surface area contributed by atoms with Gasteiger partial charge < -0.3 is 15.0 Å². The highest BCUT2D eigenvalue weighted by Crippen LogP contribution is 2.20. The predicted molar refractivity (Wildman–Crippen MR) is 112 cm³/mol. The Morgan fingerprint density at radius 1 is 1.10 bits per heavy atom. The number of Topliss-reactive ketones (excluding diaryl/α,β-unsaturated/α-hetero) is 1. The molecule has 0 saturated carbocycles. The molecule has 1 amide bonds. The van der Waals surface area contributed by atoms with Crippen LogP contribution in [0, 0.1) is 20.8 Å². The normalized spacial score (nSPS) is 10.8. The van der Waals surface area contributed by atoms with E-state index in [0.717, 1.165) is 17.7 Å². The topological polar surface area (TPSA) is 91.5 Å². The Kier molecular flexibility index (Phi) is 7.73. The molecule has 2 aromatic rings. The van der Waals surface area contributed by atoms with Crippen molar-refractivity contribution in [3.63, 3.8) is 0 Å². The summed E-state index contributed by atoms with van der Waals surface area (Å²) in [5.41, 5.74) is 3.67. The molecule has 0 aliphatic heterocycles. The quantitative estimate of drug-likeness (QED) is 0.499. The number of amides is 1. The van der Waals surface area contributed by atoms with Crippen LogP contribution in [0.3, 0.4) is 0 Å². The van der Waals surface area contributed by atoms with E-state index < -0.39 is 5.97 Å². The Morgan fingerprint density at radius 3 is 2.41 bits per heavy atom. The average Bonchev–Trinajstić information content (AvgIpc) is 2.97. The molecular formula is C22H29N3O4. The second-order valence-corrected chi connectivity index (χ2v) is 7.11. The van der Waals surface area contributed by atoms with Crippen molar-refractivity contribution in [1.82, 2.24) is 9.88 Å². The SMILES string of the molecule is CCCN(CC(=O)Nc1ccccc1C)CC(=O)c1[nH]c(C)c(C(=O)OC)c1C. The van der Waals surface area contributed by atoms with Crippen molar-refractivity contribution in [2.24, 2.45) is 0 Å². The molecule has 156 valence electrons. The number of ether oxygens (including phenoxy) is 1. The Morgan fingerprint density at radius 2 is 1.79 bits per heavy atom. The summed E-state index contributed by atoms with van der Waals surface area (Å²) >= 11 is 0. The molecule has 0 unspecified atom stereocenters. The number of methoxy groups -OCH3 is 1. The zero-order valence-electron chi connectivity index (χ0n) is 17.7. The molecule has 1 aromatic carbocycles. The fourth-order valence-electron chi connectivity index (χ4n) is 3.36. The third-order valence-corrected chi connectivity index (χ3v) is 4.80. The third-order valence-electron chi connectivity index (χ3n) is 4.80. The van der Waals surface area contributed by atoms with E-state index in [2.05, 4.69) is 10.3 Å². The van der Waals surface area contributed by atoms with Crippen LogP contribution in [0.1, 0.15) is 51.0 Å². The molecule has 0 radical (unpaired) electrons. The third kappa shape index (κ3) is 5.54. The van der Waals surface area contributed by atoms with E-state index in [1.807, 2.05) is 43.0 Å². The minimum Gasteiger partial charge on any atom is -0.465 e. The first-order valence-electron chi connectivity index (χ1n) is 9.66. The first-order valence-corrected chi connectivity index (χ1v) is 9.66.